The van der Waals surface area contributed by atoms with Gasteiger partial charge in [-0.05, 0) is 50.3 Å². The molecule has 1 spiro atoms. The molecule has 8 atom stereocenters. The van der Waals surface area contributed by atoms with Gasteiger partial charge < -0.3 is 15.2 Å². The van der Waals surface area contributed by atoms with Crippen LogP contribution in [0, 0.1) is 29.1 Å². The number of ketones is 1. The van der Waals surface area contributed by atoms with Gasteiger partial charge >= 0.3 is 5.97 Å². The van der Waals surface area contributed by atoms with E-state index in [1.54, 1.807) is 13.0 Å². The lowest BCUT2D eigenvalue weighted by molar-refractivity contribution is -0.159. The fourth-order valence-corrected chi connectivity index (χ4v) is 6.50. The molecule has 0 saturated carbocycles. The van der Waals surface area contributed by atoms with E-state index in [0.29, 0.717) is 12.8 Å². The number of nitrogens with one attached hydrogen (secondary N) is 1. The molecule has 0 radical (unpaired) electrons. The van der Waals surface area contributed by atoms with Crippen molar-refractivity contribution >= 4 is 17.7 Å². The van der Waals surface area contributed by atoms with Gasteiger partial charge in [0.05, 0.1) is 0 Å². The maximum atomic E-state index is 14.1. The highest BCUT2D eigenvalue weighted by molar-refractivity contribution is 5.91. The zero-order valence-electron chi connectivity index (χ0n) is 21.7. The Bertz CT molecular complexity index is 1120. The number of carbonyl (C=O) groups is 3. The van der Waals surface area contributed by atoms with Gasteiger partial charge in [0.25, 0.3) is 0 Å². The van der Waals surface area contributed by atoms with Crippen LogP contribution in [0.25, 0.3) is 0 Å². The zero-order chi connectivity index (χ0) is 26.3. The molecule has 6 heteroatoms. The molecule has 1 amide bonds. The SMILES string of the molecule is CC(=O)OC1/C=C/[C@@](C)(O)C(=O)[C@@H](C)C/C=C/C2C=C(C)[C@@H](C)[C@H]3[C@H](Cc4ccccc4)NC(=O)[C@]213. The zero-order valence-corrected chi connectivity index (χ0v) is 21.7. The van der Waals surface area contributed by atoms with Gasteiger partial charge in [-0.1, -0.05) is 68.0 Å². The minimum Gasteiger partial charge on any atom is -0.457 e. The van der Waals surface area contributed by atoms with Gasteiger partial charge in [0.1, 0.15) is 17.1 Å². The molecule has 1 heterocycles. The normalized spacial score (nSPS) is 40.1. The lowest BCUT2D eigenvalue weighted by Gasteiger charge is -2.48. The van der Waals surface area contributed by atoms with Gasteiger partial charge in [-0.2, -0.15) is 0 Å². The summed E-state index contributed by atoms with van der Waals surface area (Å²) in [5.74, 6) is -1.91. The van der Waals surface area contributed by atoms with Crippen LogP contribution in [-0.2, 0) is 25.5 Å². The molecule has 6 nitrogen and oxygen atoms in total. The van der Waals surface area contributed by atoms with E-state index in [2.05, 4.69) is 37.4 Å². The highest BCUT2D eigenvalue weighted by Crippen LogP contribution is 2.56. The second-order valence-electron chi connectivity index (χ2n) is 10.9. The molecule has 4 rings (SSSR count). The van der Waals surface area contributed by atoms with Crippen LogP contribution in [0.15, 0.2) is 66.3 Å². The van der Waals surface area contributed by atoms with Crippen molar-refractivity contribution in [2.24, 2.45) is 29.1 Å². The van der Waals surface area contributed by atoms with Crippen molar-refractivity contribution < 1.29 is 24.2 Å². The quantitative estimate of drug-likeness (QED) is 0.494. The smallest absolute Gasteiger partial charge is 0.303 e. The number of aliphatic hydroxyl groups is 1. The van der Waals surface area contributed by atoms with Crippen LogP contribution >= 0.6 is 0 Å². The minimum atomic E-state index is -1.75. The van der Waals surface area contributed by atoms with E-state index >= 15 is 0 Å². The van der Waals surface area contributed by atoms with Crippen LogP contribution in [0.3, 0.4) is 0 Å². The molecule has 1 aromatic rings. The van der Waals surface area contributed by atoms with Crippen LogP contribution in [0.2, 0.25) is 0 Å². The Morgan fingerprint density at radius 3 is 2.53 bits per heavy atom. The molecule has 1 fully saturated rings. The molecule has 1 saturated heterocycles. The Kier molecular flexibility index (Phi) is 7.11. The monoisotopic (exact) mass is 491 g/mol. The van der Waals surface area contributed by atoms with Crippen LogP contribution < -0.4 is 5.32 Å². The summed E-state index contributed by atoms with van der Waals surface area (Å²) < 4.78 is 5.87. The molecule has 2 aliphatic carbocycles. The van der Waals surface area contributed by atoms with E-state index in [-0.39, 0.29) is 35.5 Å². The van der Waals surface area contributed by atoms with Gasteiger partial charge in [-0.15, -0.1) is 0 Å². The summed E-state index contributed by atoms with van der Waals surface area (Å²) >= 11 is 0. The number of benzene rings is 1. The number of ether oxygens (including phenoxy) is 1. The third-order valence-electron chi connectivity index (χ3n) is 8.38. The topological polar surface area (TPSA) is 92.7 Å². The first-order valence-corrected chi connectivity index (χ1v) is 12.8. The maximum Gasteiger partial charge on any atom is 0.303 e. The molecule has 36 heavy (non-hydrogen) atoms. The highest BCUT2D eigenvalue weighted by Gasteiger charge is 2.65. The van der Waals surface area contributed by atoms with E-state index in [1.807, 2.05) is 30.4 Å². The first kappa shape index (κ1) is 26.1. The number of amides is 1. The summed E-state index contributed by atoms with van der Waals surface area (Å²) in [6.07, 6.45) is 9.12. The van der Waals surface area contributed by atoms with Gasteiger partial charge in [-0.25, -0.2) is 0 Å². The molecular formula is C30H37NO5. The van der Waals surface area contributed by atoms with Crippen molar-refractivity contribution in [3.8, 4) is 0 Å². The van der Waals surface area contributed by atoms with Crippen LogP contribution in [-0.4, -0.2) is 40.5 Å². The molecule has 1 aromatic carbocycles. The van der Waals surface area contributed by atoms with E-state index < -0.39 is 29.0 Å². The summed E-state index contributed by atoms with van der Waals surface area (Å²) in [5.41, 5.74) is -0.576. The summed E-state index contributed by atoms with van der Waals surface area (Å²) in [5, 5.41) is 14.3. The predicted octanol–water partition coefficient (Wildman–Crippen LogP) is 3.95. The van der Waals surface area contributed by atoms with E-state index in [9.17, 15) is 19.5 Å². The molecule has 0 bridgehead atoms. The predicted molar refractivity (Wildman–Crippen MR) is 138 cm³/mol. The third-order valence-corrected chi connectivity index (χ3v) is 8.38. The Morgan fingerprint density at radius 2 is 1.86 bits per heavy atom. The summed E-state index contributed by atoms with van der Waals surface area (Å²) in [6, 6.07) is 9.87. The molecular weight excluding hydrogens is 454 g/mol. The van der Waals surface area contributed by atoms with Gasteiger partial charge in [0, 0.05) is 30.7 Å². The average Bonchev–Trinajstić information content (AvgIpc) is 3.11. The number of hydrogen-bond acceptors (Lipinski definition) is 5. The Hall–Kier alpha value is -2.99. The standard InChI is InChI=1S/C30H37NO5/c1-18-10-9-13-23-16-19(2)20(3)26-24(17-22-11-7-6-8-12-22)31-28(34)30(23,26)25(36-21(4)32)14-15-29(5,35)27(18)33/h6-9,11-16,18,20,23-26,35H,10,17H2,1-5H3,(H,31,34)/b13-9+,15-14+/t18-,20+,23?,24-,25?,26-,29+,30+/m0/s1. The summed E-state index contributed by atoms with van der Waals surface area (Å²) in [4.78, 5) is 39.4. The lowest BCUT2D eigenvalue weighted by atomic mass is 9.54. The molecule has 192 valence electrons. The van der Waals surface area contributed by atoms with Gasteiger partial charge in [0.2, 0.25) is 5.91 Å². The van der Waals surface area contributed by atoms with E-state index in [0.717, 1.165) is 5.56 Å². The van der Waals surface area contributed by atoms with Crippen molar-refractivity contribution in [3.63, 3.8) is 0 Å². The lowest BCUT2D eigenvalue weighted by Crippen LogP contribution is -2.55. The molecule has 1 aliphatic heterocycles. The number of carbonyl (C=O) groups excluding carboxylic acids is 3. The van der Waals surface area contributed by atoms with E-state index in [4.69, 9.17) is 4.74 Å². The third kappa shape index (κ3) is 4.47. The number of esters is 1. The Morgan fingerprint density at radius 1 is 1.17 bits per heavy atom. The Labute approximate surface area is 213 Å². The molecule has 0 aromatic heterocycles. The summed E-state index contributed by atoms with van der Waals surface area (Å²) in [6.45, 7) is 8.77. The molecule has 2 N–H and O–H groups in total. The number of rotatable bonds is 3. The Balaban J connectivity index is 1.92. The van der Waals surface area contributed by atoms with Crippen molar-refractivity contribution in [1.29, 1.82) is 0 Å². The number of Topliss-reactive ketones (excluding diaryl/α,β-unsaturated/α-hetero) is 1. The number of hydrogen-bond donors (Lipinski definition) is 2. The van der Waals surface area contributed by atoms with Crippen molar-refractivity contribution in [1.82, 2.24) is 5.32 Å². The van der Waals surface area contributed by atoms with Gasteiger partial charge in [-0.3, -0.25) is 14.4 Å². The van der Waals surface area contributed by atoms with Crippen LogP contribution in [0.1, 0.15) is 46.6 Å². The van der Waals surface area contributed by atoms with Crippen LogP contribution in [0.4, 0.5) is 0 Å². The fraction of sp³-hybridized carbons (Fsp3) is 0.500. The summed E-state index contributed by atoms with van der Waals surface area (Å²) in [7, 11) is 0. The maximum absolute atomic E-state index is 14.1. The molecule has 2 unspecified atom stereocenters. The van der Waals surface area contributed by atoms with Crippen molar-refractivity contribution in [2.45, 2.75) is 65.2 Å². The second-order valence-corrected chi connectivity index (χ2v) is 10.9. The van der Waals surface area contributed by atoms with Crippen molar-refractivity contribution in [2.75, 3.05) is 0 Å². The fourth-order valence-electron chi connectivity index (χ4n) is 6.50. The second kappa shape index (κ2) is 9.81. The number of allylic oxidation sites excluding steroid dienone is 4. The van der Waals surface area contributed by atoms with Gasteiger partial charge in [0.15, 0.2) is 5.78 Å². The van der Waals surface area contributed by atoms with Crippen LogP contribution in [0.5, 0.6) is 0 Å². The largest absolute Gasteiger partial charge is 0.457 e. The first-order valence-electron chi connectivity index (χ1n) is 12.8. The van der Waals surface area contributed by atoms with Crippen molar-refractivity contribution in [3.05, 3.63) is 71.8 Å². The average molecular weight is 492 g/mol. The van der Waals surface area contributed by atoms with E-state index in [1.165, 1.54) is 25.5 Å². The highest BCUT2D eigenvalue weighted by atomic mass is 16.5. The molecule has 3 aliphatic rings. The minimum absolute atomic E-state index is 0.0416. The first-order chi connectivity index (χ1) is 17.0.